The molecule has 1 aliphatic heterocycles. The Kier molecular flexibility index (Phi) is 3.69. The van der Waals surface area contributed by atoms with Gasteiger partial charge in [0.25, 0.3) is 5.91 Å². The Hall–Kier alpha value is -1.07. The topological polar surface area (TPSA) is 72.3 Å². The van der Waals surface area contributed by atoms with Crippen molar-refractivity contribution in [2.45, 2.75) is 18.9 Å². The summed E-state index contributed by atoms with van der Waals surface area (Å²) in [5.74, 6) is -0.393. The lowest BCUT2D eigenvalue weighted by atomic mass is 10.1. The first-order valence-corrected chi connectivity index (χ1v) is 6.49. The van der Waals surface area contributed by atoms with Crippen LogP contribution in [0.2, 0.25) is 0 Å². The van der Waals surface area contributed by atoms with Gasteiger partial charge in [0.2, 0.25) is 0 Å². The first-order chi connectivity index (χ1) is 8.13. The van der Waals surface area contributed by atoms with E-state index in [-0.39, 0.29) is 0 Å². The number of halogens is 1. The van der Waals surface area contributed by atoms with E-state index in [2.05, 4.69) is 20.8 Å². The number of rotatable bonds is 3. The first kappa shape index (κ1) is 12.4. The predicted molar refractivity (Wildman–Crippen MR) is 72.1 cm³/mol. The molecule has 0 aromatic heterocycles. The molecule has 1 amide bonds. The largest absolute Gasteiger partial charge is 0.367 e. The number of hydrogen-bond donors (Lipinski definition) is 2. The van der Waals surface area contributed by atoms with Crippen LogP contribution < -0.4 is 16.4 Å². The molecule has 4 N–H and O–H groups in total. The van der Waals surface area contributed by atoms with Crippen LogP contribution in [0.4, 0.5) is 5.69 Å². The van der Waals surface area contributed by atoms with Gasteiger partial charge < -0.3 is 16.4 Å². The second-order valence-corrected chi connectivity index (χ2v) is 5.17. The minimum absolute atomic E-state index is 0.308. The number of nitrogens with two attached hydrogens (primary N) is 2. The number of amides is 1. The second kappa shape index (κ2) is 5.06. The number of nitrogens with zero attached hydrogens (tertiary/aromatic N) is 1. The molecular weight excluding hydrogens is 282 g/mol. The quantitative estimate of drug-likeness (QED) is 0.887. The first-order valence-electron chi connectivity index (χ1n) is 5.69. The van der Waals surface area contributed by atoms with Gasteiger partial charge in [0.05, 0.1) is 11.3 Å². The highest BCUT2D eigenvalue weighted by atomic mass is 79.9. The van der Waals surface area contributed by atoms with Gasteiger partial charge in [-0.1, -0.05) is 15.9 Å². The molecule has 0 saturated carbocycles. The van der Waals surface area contributed by atoms with Crippen molar-refractivity contribution in [2.24, 2.45) is 11.5 Å². The standard InChI is InChI=1S/C12H16BrN3O/c13-8-3-4-10(12(15)17)11(6-8)16-5-1-2-9(16)7-14/h3-4,6,9H,1-2,5,7,14H2,(H2,15,17). The number of hydrogen-bond acceptors (Lipinski definition) is 3. The molecule has 1 heterocycles. The van der Waals surface area contributed by atoms with Crippen LogP contribution >= 0.6 is 15.9 Å². The molecule has 4 nitrogen and oxygen atoms in total. The van der Waals surface area contributed by atoms with E-state index >= 15 is 0 Å². The zero-order chi connectivity index (χ0) is 12.4. The van der Waals surface area contributed by atoms with Crippen molar-refractivity contribution in [3.05, 3.63) is 28.2 Å². The fraction of sp³-hybridized carbons (Fsp3) is 0.417. The number of anilines is 1. The van der Waals surface area contributed by atoms with E-state index in [1.165, 1.54) is 0 Å². The van der Waals surface area contributed by atoms with E-state index in [1.807, 2.05) is 12.1 Å². The molecule has 17 heavy (non-hydrogen) atoms. The Morgan fingerprint density at radius 1 is 1.53 bits per heavy atom. The normalized spacial score (nSPS) is 19.6. The van der Waals surface area contributed by atoms with E-state index in [0.717, 1.165) is 29.5 Å². The summed E-state index contributed by atoms with van der Waals surface area (Å²) in [6.45, 7) is 1.53. The highest BCUT2D eigenvalue weighted by Gasteiger charge is 2.26. The van der Waals surface area contributed by atoms with Crippen molar-refractivity contribution in [1.82, 2.24) is 0 Å². The van der Waals surface area contributed by atoms with Crippen molar-refractivity contribution in [1.29, 1.82) is 0 Å². The van der Waals surface area contributed by atoms with Crippen LogP contribution in [0.3, 0.4) is 0 Å². The zero-order valence-corrected chi connectivity index (χ0v) is 11.1. The third-order valence-corrected chi connectivity index (χ3v) is 3.68. The third kappa shape index (κ3) is 2.45. The lowest BCUT2D eigenvalue weighted by Gasteiger charge is -2.27. The van der Waals surface area contributed by atoms with Crippen molar-refractivity contribution >= 4 is 27.5 Å². The number of carbonyl (C=O) groups excluding carboxylic acids is 1. The minimum atomic E-state index is -0.393. The van der Waals surface area contributed by atoms with Crippen LogP contribution in [0, 0.1) is 0 Å². The average molecular weight is 298 g/mol. The SMILES string of the molecule is NCC1CCCN1c1cc(Br)ccc1C(N)=O. The summed E-state index contributed by atoms with van der Waals surface area (Å²) in [5.41, 5.74) is 12.6. The predicted octanol–water partition coefficient (Wildman–Crippen LogP) is 1.48. The van der Waals surface area contributed by atoms with E-state index in [1.54, 1.807) is 6.07 Å². The Morgan fingerprint density at radius 2 is 2.29 bits per heavy atom. The molecule has 1 aromatic rings. The number of carbonyl (C=O) groups is 1. The van der Waals surface area contributed by atoms with Crippen LogP contribution in [-0.2, 0) is 0 Å². The Balaban J connectivity index is 2.42. The van der Waals surface area contributed by atoms with Crippen molar-refractivity contribution in [3.63, 3.8) is 0 Å². The van der Waals surface area contributed by atoms with Crippen molar-refractivity contribution in [3.8, 4) is 0 Å². The van der Waals surface area contributed by atoms with E-state index in [0.29, 0.717) is 18.2 Å². The summed E-state index contributed by atoms with van der Waals surface area (Å²) in [6.07, 6.45) is 2.17. The smallest absolute Gasteiger partial charge is 0.250 e. The van der Waals surface area contributed by atoms with Gasteiger partial charge in [0.1, 0.15) is 0 Å². The van der Waals surface area contributed by atoms with Gasteiger partial charge in [-0.25, -0.2) is 0 Å². The highest BCUT2D eigenvalue weighted by molar-refractivity contribution is 9.10. The fourth-order valence-electron chi connectivity index (χ4n) is 2.35. The van der Waals surface area contributed by atoms with Crippen LogP contribution in [-0.4, -0.2) is 25.0 Å². The summed E-state index contributed by atoms with van der Waals surface area (Å²) >= 11 is 3.42. The Bertz CT molecular complexity index is 436. The van der Waals surface area contributed by atoms with Gasteiger partial charge in [-0.2, -0.15) is 0 Å². The maximum absolute atomic E-state index is 11.4. The molecule has 92 valence electrons. The molecule has 5 heteroatoms. The van der Waals surface area contributed by atoms with E-state index in [4.69, 9.17) is 11.5 Å². The average Bonchev–Trinajstić information content (AvgIpc) is 2.76. The molecular formula is C12H16BrN3O. The molecule has 1 aromatic carbocycles. The lowest BCUT2D eigenvalue weighted by molar-refractivity contribution is 0.100. The highest BCUT2D eigenvalue weighted by Crippen LogP contribution is 2.30. The fourth-order valence-corrected chi connectivity index (χ4v) is 2.70. The van der Waals surface area contributed by atoms with Crippen molar-refractivity contribution in [2.75, 3.05) is 18.0 Å². The van der Waals surface area contributed by atoms with Gasteiger partial charge in [-0.15, -0.1) is 0 Å². The minimum Gasteiger partial charge on any atom is -0.367 e. The summed E-state index contributed by atoms with van der Waals surface area (Å²) in [6, 6.07) is 5.83. The molecule has 1 saturated heterocycles. The maximum atomic E-state index is 11.4. The maximum Gasteiger partial charge on any atom is 0.250 e. The number of benzene rings is 1. The summed E-state index contributed by atoms with van der Waals surface area (Å²) in [4.78, 5) is 13.6. The molecule has 2 rings (SSSR count). The zero-order valence-electron chi connectivity index (χ0n) is 9.53. The molecule has 0 bridgehead atoms. The van der Waals surface area contributed by atoms with Crippen LogP contribution in [0.25, 0.3) is 0 Å². The molecule has 0 radical (unpaired) electrons. The Morgan fingerprint density at radius 3 is 2.94 bits per heavy atom. The molecule has 1 unspecified atom stereocenters. The molecule has 1 atom stereocenters. The summed E-state index contributed by atoms with van der Waals surface area (Å²) in [5, 5.41) is 0. The Labute approximate surface area is 109 Å². The van der Waals surface area contributed by atoms with E-state index in [9.17, 15) is 4.79 Å². The van der Waals surface area contributed by atoms with Crippen LogP contribution in [0.5, 0.6) is 0 Å². The van der Waals surface area contributed by atoms with Gasteiger partial charge in [0.15, 0.2) is 0 Å². The van der Waals surface area contributed by atoms with E-state index < -0.39 is 5.91 Å². The molecule has 0 spiro atoms. The van der Waals surface area contributed by atoms with Crippen LogP contribution in [0.15, 0.2) is 22.7 Å². The van der Waals surface area contributed by atoms with Crippen LogP contribution in [0.1, 0.15) is 23.2 Å². The monoisotopic (exact) mass is 297 g/mol. The third-order valence-electron chi connectivity index (χ3n) is 3.18. The van der Waals surface area contributed by atoms with Gasteiger partial charge in [-0.05, 0) is 31.0 Å². The second-order valence-electron chi connectivity index (χ2n) is 4.25. The summed E-state index contributed by atoms with van der Waals surface area (Å²) in [7, 11) is 0. The van der Waals surface area contributed by atoms with Gasteiger partial charge in [0, 0.05) is 23.6 Å². The van der Waals surface area contributed by atoms with Gasteiger partial charge >= 0.3 is 0 Å². The van der Waals surface area contributed by atoms with Crippen molar-refractivity contribution < 1.29 is 4.79 Å². The summed E-state index contributed by atoms with van der Waals surface area (Å²) < 4.78 is 0.945. The van der Waals surface area contributed by atoms with Gasteiger partial charge in [-0.3, -0.25) is 4.79 Å². The molecule has 1 fully saturated rings. The lowest BCUT2D eigenvalue weighted by Crippen LogP contribution is -2.36. The molecule has 0 aliphatic carbocycles. The molecule has 1 aliphatic rings. The number of primary amides is 1.